The fourth-order valence-electron chi connectivity index (χ4n) is 5.01. The number of rotatable bonds is 9. The van der Waals surface area contributed by atoms with Gasteiger partial charge in [0.15, 0.2) is 5.78 Å². The molecule has 0 N–H and O–H groups in total. The van der Waals surface area contributed by atoms with Crippen molar-refractivity contribution in [2.75, 3.05) is 44.4 Å². The summed E-state index contributed by atoms with van der Waals surface area (Å²) >= 11 is 0. The Morgan fingerprint density at radius 3 is 2.30 bits per heavy atom. The molecule has 0 saturated carbocycles. The Labute approximate surface area is 194 Å². The summed E-state index contributed by atoms with van der Waals surface area (Å²) in [7, 11) is 0. The van der Waals surface area contributed by atoms with E-state index in [2.05, 4.69) is 9.80 Å². The van der Waals surface area contributed by atoms with Gasteiger partial charge >= 0.3 is 0 Å². The van der Waals surface area contributed by atoms with E-state index in [1.165, 1.54) is 24.3 Å². The SMILES string of the molecule is O=C(CCCN1CCC2(CC1)C(=O)N(CCC[18F])CN2c1ccccc1)c1ccc(F)cc1. The molecule has 0 atom stereocenters. The number of amides is 1. The maximum atomic E-state index is 13.4. The number of benzene rings is 2. The third-order valence-electron chi connectivity index (χ3n) is 6.87. The summed E-state index contributed by atoms with van der Waals surface area (Å²) in [6.45, 7) is 2.85. The predicted molar refractivity (Wildman–Crippen MR) is 124 cm³/mol. The number of ketones is 1. The Balaban J connectivity index is 1.36. The van der Waals surface area contributed by atoms with Gasteiger partial charge in [-0.2, -0.15) is 0 Å². The van der Waals surface area contributed by atoms with Crippen molar-refractivity contribution < 1.29 is 18.4 Å². The van der Waals surface area contributed by atoms with Crippen LogP contribution in [0.4, 0.5) is 14.5 Å². The van der Waals surface area contributed by atoms with E-state index in [9.17, 15) is 18.4 Å². The summed E-state index contributed by atoms with van der Waals surface area (Å²) in [6.07, 6.45) is 2.91. The fourth-order valence-corrected chi connectivity index (χ4v) is 5.01. The molecule has 1 amide bonds. The van der Waals surface area contributed by atoms with Gasteiger partial charge in [-0.15, -0.1) is 0 Å². The molecule has 0 aromatic heterocycles. The average molecular weight is 455 g/mol. The molecule has 2 aromatic carbocycles. The zero-order chi connectivity index (χ0) is 23.3. The van der Waals surface area contributed by atoms with Gasteiger partial charge < -0.3 is 14.7 Å². The molecule has 33 heavy (non-hydrogen) atoms. The number of anilines is 1. The van der Waals surface area contributed by atoms with E-state index >= 15 is 0 Å². The molecule has 176 valence electrons. The third kappa shape index (κ3) is 5.08. The quantitative estimate of drug-likeness (QED) is 0.531. The molecule has 2 heterocycles. The lowest BCUT2D eigenvalue weighted by Crippen LogP contribution is -2.56. The van der Waals surface area contributed by atoms with Crippen LogP contribution in [0.25, 0.3) is 0 Å². The number of likely N-dealkylation sites (tertiary alicyclic amines) is 1. The molecule has 2 fully saturated rings. The van der Waals surface area contributed by atoms with Gasteiger partial charge in [-0.3, -0.25) is 14.0 Å². The van der Waals surface area contributed by atoms with E-state index in [1.54, 1.807) is 4.90 Å². The molecule has 0 unspecified atom stereocenters. The highest BCUT2D eigenvalue weighted by molar-refractivity contribution is 5.96. The van der Waals surface area contributed by atoms with Crippen LogP contribution in [-0.2, 0) is 4.79 Å². The lowest BCUT2D eigenvalue weighted by molar-refractivity contribution is -0.133. The van der Waals surface area contributed by atoms with Crippen LogP contribution < -0.4 is 4.90 Å². The highest BCUT2D eigenvalue weighted by atomic mass is 19.1. The number of hydrogen-bond donors (Lipinski definition) is 0. The van der Waals surface area contributed by atoms with E-state index < -0.39 is 12.2 Å². The third-order valence-corrected chi connectivity index (χ3v) is 6.87. The minimum atomic E-state index is -0.585. The first-order chi connectivity index (χ1) is 16.0. The molecular weight excluding hydrogens is 423 g/mol. The number of carbonyl (C=O) groups is 2. The first kappa shape index (κ1) is 23.4. The number of Topliss-reactive ketones (excluding diaryl/α,β-unsaturated/α-hetero) is 1. The summed E-state index contributed by atoms with van der Waals surface area (Å²) < 4.78 is 25.8. The van der Waals surface area contributed by atoms with Gasteiger partial charge in [-0.25, -0.2) is 4.39 Å². The molecule has 2 saturated heterocycles. The number of para-hydroxylation sites is 1. The smallest absolute Gasteiger partial charge is 0.250 e. The molecule has 0 radical (unpaired) electrons. The molecule has 0 aliphatic carbocycles. The summed E-state index contributed by atoms with van der Waals surface area (Å²) in [5, 5.41) is 0. The highest BCUT2D eigenvalue weighted by Crippen LogP contribution is 2.39. The van der Waals surface area contributed by atoms with Gasteiger partial charge in [0.25, 0.3) is 0 Å². The lowest BCUT2D eigenvalue weighted by Gasteiger charge is -2.43. The first-order valence-electron chi connectivity index (χ1n) is 11.7. The van der Waals surface area contributed by atoms with Crippen molar-refractivity contribution >= 4 is 17.4 Å². The number of halogens is 2. The number of piperidine rings is 1. The number of hydrogen-bond acceptors (Lipinski definition) is 4. The molecular formula is C26H31F2N3O2. The minimum Gasteiger partial charge on any atom is -0.339 e. The molecule has 0 bridgehead atoms. The van der Waals surface area contributed by atoms with E-state index in [1.807, 2.05) is 30.3 Å². The summed E-state index contributed by atoms with van der Waals surface area (Å²) in [6, 6.07) is 15.7. The Bertz CT molecular complexity index is 944. The van der Waals surface area contributed by atoms with Crippen LogP contribution in [0.1, 0.15) is 42.5 Å². The Kier molecular flexibility index (Phi) is 7.38. The van der Waals surface area contributed by atoms with E-state index in [-0.39, 0.29) is 17.5 Å². The van der Waals surface area contributed by atoms with Crippen molar-refractivity contribution in [2.45, 2.75) is 37.6 Å². The van der Waals surface area contributed by atoms with Crippen LogP contribution in [0.3, 0.4) is 0 Å². The Morgan fingerprint density at radius 1 is 0.939 bits per heavy atom. The van der Waals surface area contributed by atoms with Crippen molar-refractivity contribution in [3.05, 3.63) is 66.0 Å². The van der Waals surface area contributed by atoms with Gasteiger partial charge in [0, 0.05) is 37.3 Å². The van der Waals surface area contributed by atoms with Crippen molar-refractivity contribution in [1.82, 2.24) is 9.80 Å². The van der Waals surface area contributed by atoms with Gasteiger partial charge in [0.1, 0.15) is 11.4 Å². The molecule has 2 aliphatic rings. The van der Waals surface area contributed by atoms with Crippen LogP contribution in [0.15, 0.2) is 54.6 Å². The minimum absolute atomic E-state index is 0.0215. The topological polar surface area (TPSA) is 43.9 Å². The highest BCUT2D eigenvalue weighted by Gasteiger charge is 2.53. The summed E-state index contributed by atoms with van der Waals surface area (Å²) in [5.41, 5.74) is 0.974. The largest absolute Gasteiger partial charge is 0.339 e. The van der Waals surface area contributed by atoms with Crippen LogP contribution in [0.5, 0.6) is 0 Å². The zero-order valence-electron chi connectivity index (χ0n) is 18.9. The second-order valence-electron chi connectivity index (χ2n) is 8.92. The molecule has 2 aromatic rings. The molecule has 5 nitrogen and oxygen atoms in total. The lowest BCUT2D eigenvalue weighted by atomic mass is 9.85. The fraction of sp³-hybridized carbons (Fsp3) is 0.462. The van der Waals surface area contributed by atoms with E-state index in [4.69, 9.17) is 0 Å². The van der Waals surface area contributed by atoms with Crippen LogP contribution >= 0.6 is 0 Å². The first-order valence-corrected chi connectivity index (χ1v) is 11.7. The average Bonchev–Trinajstić information content (AvgIpc) is 3.11. The predicted octanol–water partition coefficient (Wildman–Crippen LogP) is 4.29. The maximum absolute atomic E-state index is 13.4. The zero-order valence-corrected chi connectivity index (χ0v) is 18.9. The van der Waals surface area contributed by atoms with Crippen LogP contribution in [-0.4, -0.2) is 66.6 Å². The Hall–Kier alpha value is -2.80. The van der Waals surface area contributed by atoms with Crippen molar-refractivity contribution in [2.24, 2.45) is 0 Å². The number of nitrogens with zero attached hydrogens (tertiary/aromatic N) is 3. The number of alkyl halides is 1. The van der Waals surface area contributed by atoms with E-state index in [0.29, 0.717) is 44.5 Å². The second kappa shape index (κ2) is 10.4. The number of carbonyl (C=O) groups excluding carboxylic acids is 2. The molecule has 7 heteroatoms. The van der Waals surface area contributed by atoms with Crippen LogP contribution in [0.2, 0.25) is 0 Å². The summed E-state index contributed by atoms with van der Waals surface area (Å²) in [4.78, 5) is 32.1. The van der Waals surface area contributed by atoms with Crippen molar-refractivity contribution in [1.29, 1.82) is 0 Å². The van der Waals surface area contributed by atoms with E-state index in [0.717, 1.165) is 31.7 Å². The van der Waals surface area contributed by atoms with Gasteiger partial charge in [0.05, 0.1) is 13.3 Å². The van der Waals surface area contributed by atoms with Crippen molar-refractivity contribution in [3.63, 3.8) is 0 Å². The molecule has 1 spiro atoms. The summed E-state index contributed by atoms with van der Waals surface area (Å²) in [5.74, 6) is -0.220. The van der Waals surface area contributed by atoms with Crippen LogP contribution in [0, 0.1) is 5.82 Å². The van der Waals surface area contributed by atoms with Gasteiger partial charge in [-0.05, 0) is 68.6 Å². The van der Waals surface area contributed by atoms with Crippen molar-refractivity contribution in [3.8, 4) is 0 Å². The van der Waals surface area contributed by atoms with Gasteiger partial charge in [0.2, 0.25) is 5.91 Å². The second-order valence-corrected chi connectivity index (χ2v) is 8.92. The molecule has 4 rings (SSSR count). The normalized spacial score (nSPS) is 18.3. The maximum Gasteiger partial charge on any atom is 0.250 e. The van der Waals surface area contributed by atoms with Gasteiger partial charge in [-0.1, -0.05) is 18.2 Å². The Morgan fingerprint density at radius 2 is 1.64 bits per heavy atom. The molecule has 2 aliphatic heterocycles. The standard InChI is InChI=1S/C26H31F2N3O2/c27-15-5-17-30-20-31(23-6-2-1-3-7-23)26(25(30)33)13-18-29(19-14-26)16-4-8-24(32)21-9-11-22(28)12-10-21/h1-3,6-7,9-12H,4-5,8,13-20H2/i27-1. The monoisotopic (exact) mass is 454 g/mol.